The number of carbonyl (C=O) groups is 2. The summed E-state index contributed by atoms with van der Waals surface area (Å²) in [6.07, 6.45) is 1.03. The van der Waals surface area contributed by atoms with Crippen LogP contribution in [0, 0.1) is 5.92 Å². The highest BCUT2D eigenvalue weighted by molar-refractivity contribution is 7.12. The topological polar surface area (TPSA) is 92.7 Å². The van der Waals surface area contributed by atoms with Crippen LogP contribution in [-0.2, 0) is 6.54 Å². The Morgan fingerprint density at radius 1 is 0.950 bits per heavy atom. The first-order valence-electron chi connectivity index (χ1n) is 13.5. The van der Waals surface area contributed by atoms with Gasteiger partial charge in [0.2, 0.25) is 0 Å². The van der Waals surface area contributed by atoms with E-state index in [1.165, 1.54) is 11.3 Å². The van der Waals surface area contributed by atoms with Crippen LogP contribution in [0.2, 0.25) is 0 Å². The Morgan fingerprint density at radius 3 is 2.58 bits per heavy atom. The molecule has 204 valence electrons. The average Bonchev–Trinajstić information content (AvgIpc) is 3.50. The average molecular weight is 555 g/mol. The van der Waals surface area contributed by atoms with Gasteiger partial charge in [-0.05, 0) is 79.2 Å². The number of carbonyl (C=O) groups excluding carboxylic acids is 2. The minimum Gasteiger partial charge on any atom is -0.494 e. The van der Waals surface area contributed by atoms with E-state index < -0.39 is 0 Å². The third kappa shape index (κ3) is 5.24. The van der Waals surface area contributed by atoms with Gasteiger partial charge in [0.05, 0.1) is 22.9 Å². The number of aromatic nitrogens is 1. The number of anilines is 3. The van der Waals surface area contributed by atoms with Crippen LogP contribution < -0.4 is 25.8 Å². The van der Waals surface area contributed by atoms with Crippen LogP contribution in [0.5, 0.6) is 5.75 Å². The quantitative estimate of drug-likeness (QED) is 0.318. The number of nitrogens with one attached hydrogen (secondary N) is 2. The number of ether oxygens (including phenoxy) is 1. The van der Waals surface area contributed by atoms with E-state index in [0.717, 1.165) is 36.6 Å². The first-order valence-corrected chi connectivity index (χ1v) is 14.3. The lowest BCUT2D eigenvalue weighted by Crippen LogP contribution is -2.47. The van der Waals surface area contributed by atoms with Gasteiger partial charge in [0.25, 0.3) is 17.4 Å². The lowest BCUT2D eigenvalue weighted by Gasteiger charge is -2.44. The zero-order valence-electron chi connectivity index (χ0n) is 22.1. The molecule has 2 aromatic heterocycles. The molecule has 2 N–H and O–H groups in total. The summed E-state index contributed by atoms with van der Waals surface area (Å²) in [7, 11) is 0. The molecule has 2 bridgehead atoms. The van der Waals surface area contributed by atoms with Crippen molar-refractivity contribution in [1.29, 1.82) is 0 Å². The number of piperidine rings is 1. The van der Waals surface area contributed by atoms with Crippen molar-refractivity contribution in [3.8, 4) is 5.75 Å². The predicted octanol–water partition coefficient (Wildman–Crippen LogP) is 5.44. The van der Waals surface area contributed by atoms with Crippen molar-refractivity contribution < 1.29 is 14.3 Å². The Hall–Kier alpha value is -4.37. The Kier molecular flexibility index (Phi) is 7.13. The Labute approximate surface area is 236 Å². The molecule has 4 heterocycles. The molecular weight excluding hydrogens is 524 g/mol. The molecular formula is C31H30N4O4S. The number of thiophene rings is 1. The van der Waals surface area contributed by atoms with Gasteiger partial charge >= 0.3 is 0 Å². The molecule has 0 spiro atoms. The van der Waals surface area contributed by atoms with E-state index in [4.69, 9.17) is 4.74 Å². The van der Waals surface area contributed by atoms with Crippen molar-refractivity contribution >= 4 is 40.2 Å². The Balaban J connectivity index is 1.29. The second-order valence-electron chi connectivity index (χ2n) is 10.2. The van der Waals surface area contributed by atoms with E-state index in [-0.39, 0.29) is 23.3 Å². The molecule has 1 saturated heterocycles. The van der Waals surface area contributed by atoms with Crippen LogP contribution in [-0.4, -0.2) is 36.1 Å². The Bertz CT molecular complexity index is 1600. The van der Waals surface area contributed by atoms with Crippen molar-refractivity contribution in [1.82, 2.24) is 4.57 Å². The number of rotatable bonds is 7. The Morgan fingerprint density at radius 2 is 1.80 bits per heavy atom. The SMILES string of the molecule is CCOc1ccc(NC(=O)c2ccc(N3C[C@H]4C[C@@H](C3)c3cccc(=O)n3C4)c(NC(=O)c3cccs3)c2)cc1. The van der Waals surface area contributed by atoms with Crippen molar-refractivity contribution in [2.75, 3.05) is 35.2 Å². The van der Waals surface area contributed by atoms with Gasteiger partial charge in [-0.25, -0.2) is 0 Å². The summed E-state index contributed by atoms with van der Waals surface area (Å²) in [6, 6.07) is 21.8. The maximum atomic E-state index is 13.2. The highest BCUT2D eigenvalue weighted by atomic mass is 32.1. The van der Waals surface area contributed by atoms with E-state index in [2.05, 4.69) is 15.5 Å². The monoisotopic (exact) mass is 554 g/mol. The second kappa shape index (κ2) is 11.0. The molecule has 4 aromatic rings. The largest absolute Gasteiger partial charge is 0.494 e. The highest BCUT2D eigenvalue weighted by Gasteiger charge is 2.35. The number of hydrogen-bond donors (Lipinski definition) is 2. The molecule has 8 nitrogen and oxygen atoms in total. The van der Waals surface area contributed by atoms with Crippen LogP contribution in [0.1, 0.15) is 45.0 Å². The molecule has 0 radical (unpaired) electrons. The van der Waals surface area contributed by atoms with E-state index in [1.54, 1.807) is 36.4 Å². The molecule has 2 aliphatic heterocycles. The van der Waals surface area contributed by atoms with Crippen LogP contribution in [0.3, 0.4) is 0 Å². The lowest BCUT2D eigenvalue weighted by molar-refractivity contribution is 0.101. The number of benzene rings is 2. The molecule has 6 rings (SSSR count). The summed E-state index contributed by atoms with van der Waals surface area (Å²) in [5.74, 6) is 0.780. The standard InChI is InChI=1S/C31H30N4O4S/c1-2-39-24-11-9-23(10-12-24)32-30(37)21-8-13-27(25(16-21)33-31(38)28-6-4-14-40-28)34-17-20-15-22(19-34)26-5-3-7-29(36)35(26)18-20/h3-14,16,20,22H,2,15,17-19H2,1H3,(H,32,37)(H,33,38)/t20-,22+/m1/s1. The third-order valence-corrected chi connectivity index (χ3v) is 8.36. The van der Waals surface area contributed by atoms with Crippen molar-refractivity contribution in [3.63, 3.8) is 0 Å². The van der Waals surface area contributed by atoms with E-state index in [0.29, 0.717) is 40.9 Å². The predicted molar refractivity (Wildman–Crippen MR) is 158 cm³/mol. The summed E-state index contributed by atoms with van der Waals surface area (Å²) < 4.78 is 7.39. The summed E-state index contributed by atoms with van der Waals surface area (Å²) in [5.41, 5.74) is 3.65. The summed E-state index contributed by atoms with van der Waals surface area (Å²) in [5, 5.41) is 7.86. The van der Waals surface area contributed by atoms with Crippen LogP contribution >= 0.6 is 11.3 Å². The molecule has 0 saturated carbocycles. The molecule has 0 aliphatic carbocycles. The first kappa shape index (κ1) is 25.9. The fourth-order valence-electron chi connectivity index (χ4n) is 5.74. The molecule has 40 heavy (non-hydrogen) atoms. The number of fused-ring (bicyclic) bond motifs is 4. The molecule has 9 heteroatoms. The molecule has 2 amide bonds. The van der Waals surface area contributed by atoms with E-state index in [9.17, 15) is 14.4 Å². The van der Waals surface area contributed by atoms with Crippen molar-refractivity contribution in [2.45, 2.75) is 25.8 Å². The fraction of sp³-hybridized carbons (Fsp3) is 0.258. The van der Waals surface area contributed by atoms with Gasteiger partial charge in [-0.1, -0.05) is 12.1 Å². The minimum atomic E-state index is -0.272. The summed E-state index contributed by atoms with van der Waals surface area (Å²) in [6.45, 7) is 4.66. The zero-order valence-corrected chi connectivity index (χ0v) is 22.9. The number of pyridine rings is 1. The van der Waals surface area contributed by atoms with Crippen molar-refractivity contribution in [2.24, 2.45) is 5.92 Å². The van der Waals surface area contributed by atoms with Gasteiger partial charge in [0.15, 0.2) is 0 Å². The van der Waals surface area contributed by atoms with Gasteiger partial charge in [0.1, 0.15) is 5.75 Å². The van der Waals surface area contributed by atoms with Crippen LogP contribution in [0.4, 0.5) is 17.1 Å². The van der Waals surface area contributed by atoms with Gasteiger partial charge in [-0.2, -0.15) is 0 Å². The van der Waals surface area contributed by atoms with E-state index in [1.807, 2.05) is 53.3 Å². The van der Waals surface area contributed by atoms with Crippen LogP contribution in [0.15, 0.2) is 83.0 Å². The summed E-state index contributed by atoms with van der Waals surface area (Å²) >= 11 is 1.37. The van der Waals surface area contributed by atoms with Gasteiger partial charge < -0.3 is 24.8 Å². The highest BCUT2D eigenvalue weighted by Crippen LogP contribution is 2.39. The van der Waals surface area contributed by atoms with Gasteiger partial charge in [-0.3, -0.25) is 14.4 Å². The molecule has 0 unspecified atom stereocenters. The number of hydrogen-bond acceptors (Lipinski definition) is 6. The number of nitrogens with zero attached hydrogens (tertiary/aromatic N) is 2. The smallest absolute Gasteiger partial charge is 0.265 e. The summed E-state index contributed by atoms with van der Waals surface area (Å²) in [4.78, 5) is 41.6. The second-order valence-corrected chi connectivity index (χ2v) is 11.1. The van der Waals surface area contributed by atoms with E-state index >= 15 is 0 Å². The zero-order chi connectivity index (χ0) is 27.6. The fourth-order valence-corrected chi connectivity index (χ4v) is 6.36. The minimum absolute atomic E-state index is 0.0486. The van der Waals surface area contributed by atoms with Crippen molar-refractivity contribution in [3.05, 3.63) is 105 Å². The number of amides is 2. The molecule has 1 fully saturated rings. The normalized spacial score (nSPS) is 17.6. The van der Waals surface area contributed by atoms with Gasteiger partial charge in [-0.15, -0.1) is 11.3 Å². The molecule has 2 aliphatic rings. The third-order valence-electron chi connectivity index (χ3n) is 7.50. The maximum absolute atomic E-state index is 13.2. The van der Waals surface area contributed by atoms with Gasteiger partial charge in [0, 0.05) is 48.6 Å². The maximum Gasteiger partial charge on any atom is 0.265 e. The molecule has 2 atom stereocenters. The van der Waals surface area contributed by atoms with Crippen LogP contribution in [0.25, 0.3) is 0 Å². The lowest BCUT2D eigenvalue weighted by atomic mass is 9.83. The molecule has 2 aromatic carbocycles. The first-order chi connectivity index (χ1) is 19.5.